The first-order valence-electron chi connectivity index (χ1n) is 5.65. The van der Waals surface area contributed by atoms with Crippen molar-refractivity contribution < 1.29 is 8.78 Å². The van der Waals surface area contributed by atoms with Gasteiger partial charge < -0.3 is 0 Å². The predicted octanol–water partition coefficient (Wildman–Crippen LogP) is 4.31. The van der Waals surface area contributed by atoms with Crippen molar-refractivity contribution in [3.8, 4) is 0 Å². The quantitative estimate of drug-likeness (QED) is 0.696. The van der Waals surface area contributed by atoms with Gasteiger partial charge in [0.15, 0.2) is 11.6 Å². The second kappa shape index (κ2) is 4.70. The van der Waals surface area contributed by atoms with Gasteiger partial charge in [0.05, 0.1) is 0 Å². The molecule has 1 fully saturated rings. The van der Waals surface area contributed by atoms with Crippen LogP contribution in [0.2, 0.25) is 0 Å². The van der Waals surface area contributed by atoms with Crippen LogP contribution in [0.4, 0.5) is 8.78 Å². The molecule has 0 spiro atoms. The third-order valence-corrected chi connectivity index (χ3v) is 4.08. The van der Waals surface area contributed by atoms with E-state index in [1.54, 1.807) is 6.07 Å². The average molecular weight is 245 g/mol. The van der Waals surface area contributed by atoms with Crippen LogP contribution in [0, 0.1) is 17.0 Å². The molecule has 16 heavy (non-hydrogen) atoms. The molecule has 1 saturated carbocycles. The van der Waals surface area contributed by atoms with Crippen LogP contribution in [0.15, 0.2) is 18.2 Å². The van der Waals surface area contributed by atoms with Gasteiger partial charge in [0.2, 0.25) is 0 Å². The fraction of sp³-hybridized carbons (Fsp3) is 0.538. The molecule has 1 aromatic carbocycles. The second-order valence-corrected chi connectivity index (χ2v) is 5.03. The van der Waals surface area contributed by atoms with E-state index in [-0.39, 0.29) is 5.41 Å². The van der Waals surface area contributed by atoms with Crippen LogP contribution in [0.25, 0.3) is 0 Å². The van der Waals surface area contributed by atoms with Gasteiger partial charge in [-0.3, -0.25) is 0 Å². The summed E-state index contributed by atoms with van der Waals surface area (Å²) in [6.07, 6.45) is 5.32. The Labute approximate surface area is 99.6 Å². The summed E-state index contributed by atoms with van der Waals surface area (Å²) < 4.78 is 25.9. The molecule has 1 aliphatic carbocycles. The van der Waals surface area contributed by atoms with Crippen LogP contribution < -0.4 is 0 Å². The Morgan fingerprint density at radius 1 is 1.12 bits per heavy atom. The van der Waals surface area contributed by atoms with Crippen molar-refractivity contribution >= 4 is 11.6 Å². The molecule has 0 N–H and O–H groups in total. The van der Waals surface area contributed by atoms with E-state index >= 15 is 0 Å². The van der Waals surface area contributed by atoms with E-state index in [9.17, 15) is 8.78 Å². The van der Waals surface area contributed by atoms with Crippen LogP contribution >= 0.6 is 11.6 Å². The van der Waals surface area contributed by atoms with Gasteiger partial charge in [0, 0.05) is 5.88 Å². The molecular formula is C13H15ClF2. The zero-order valence-corrected chi connectivity index (χ0v) is 9.86. The van der Waals surface area contributed by atoms with Crippen molar-refractivity contribution in [2.75, 3.05) is 5.88 Å². The van der Waals surface area contributed by atoms with Gasteiger partial charge >= 0.3 is 0 Å². The molecule has 0 heterocycles. The minimum atomic E-state index is -0.782. The monoisotopic (exact) mass is 244 g/mol. The Morgan fingerprint density at radius 3 is 2.38 bits per heavy atom. The minimum absolute atomic E-state index is 0.103. The van der Waals surface area contributed by atoms with Crippen molar-refractivity contribution in [3.05, 3.63) is 35.4 Å². The molecule has 1 aromatic rings. The van der Waals surface area contributed by atoms with E-state index in [2.05, 4.69) is 0 Å². The van der Waals surface area contributed by atoms with Crippen LogP contribution in [0.1, 0.15) is 31.2 Å². The standard InChI is InChI=1S/C13H15ClF2/c14-9-13(5-1-2-6-13)8-10-3-4-11(15)12(16)7-10/h3-4,7H,1-2,5-6,8-9H2. The van der Waals surface area contributed by atoms with Gasteiger partial charge in [-0.1, -0.05) is 18.9 Å². The zero-order valence-electron chi connectivity index (χ0n) is 9.11. The molecule has 0 aromatic heterocycles. The Hall–Kier alpha value is -0.630. The number of halogens is 3. The van der Waals surface area contributed by atoms with Crippen molar-refractivity contribution in [3.63, 3.8) is 0 Å². The highest BCUT2D eigenvalue weighted by Gasteiger charge is 2.33. The lowest BCUT2D eigenvalue weighted by molar-refractivity contribution is 0.340. The molecule has 88 valence electrons. The molecular weight excluding hydrogens is 230 g/mol. The van der Waals surface area contributed by atoms with Gasteiger partial charge in [-0.25, -0.2) is 8.78 Å². The summed E-state index contributed by atoms with van der Waals surface area (Å²) >= 11 is 6.02. The Morgan fingerprint density at radius 2 is 1.81 bits per heavy atom. The minimum Gasteiger partial charge on any atom is -0.204 e. The first-order chi connectivity index (χ1) is 7.65. The van der Waals surface area contributed by atoms with E-state index in [1.165, 1.54) is 25.0 Å². The highest BCUT2D eigenvalue weighted by atomic mass is 35.5. The van der Waals surface area contributed by atoms with E-state index in [0.29, 0.717) is 5.88 Å². The van der Waals surface area contributed by atoms with Crippen LogP contribution in [0.5, 0.6) is 0 Å². The summed E-state index contributed by atoms with van der Waals surface area (Å²) in [6, 6.07) is 4.15. The first-order valence-corrected chi connectivity index (χ1v) is 6.19. The Kier molecular flexibility index (Phi) is 3.48. The molecule has 0 nitrogen and oxygen atoms in total. The summed E-state index contributed by atoms with van der Waals surface area (Å²) in [5.41, 5.74) is 0.952. The van der Waals surface area contributed by atoms with E-state index in [1.807, 2.05) is 0 Å². The van der Waals surface area contributed by atoms with E-state index in [0.717, 1.165) is 24.8 Å². The second-order valence-electron chi connectivity index (χ2n) is 4.77. The summed E-state index contributed by atoms with van der Waals surface area (Å²) in [5.74, 6) is -0.943. The first kappa shape index (κ1) is 11.8. The molecule has 0 radical (unpaired) electrons. The summed E-state index contributed by atoms with van der Waals surface area (Å²) in [7, 11) is 0. The maximum atomic E-state index is 13.1. The van der Waals surface area contributed by atoms with Gasteiger partial charge in [-0.2, -0.15) is 0 Å². The lowest BCUT2D eigenvalue weighted by Crippen LogP contribution is -2.21. The molecule has 3 heteroatoms. The number of benzene rings is 1. The summed E-state index contributed by atoms with van der Waals surface area (Å²) in [4.78, 5) is 0. The van der Waals surface area contributed by atoms with Gasteiger partial charge in [-0.15, -0.1) is 11.6 Å². The molecule has 1 aliphatic rings. The van der Waals surface area contributed by atoms with Crippen LogP contribution in [-0.4, -0.2) is 5.88 Å². The lowest BCUT2D eigenvalue weighted by Gasteiger charge is -2.26. The van der Waals surface area contributed by atoms with Crippen molar-refractivity contribution in [2.24, 2.45) is 5.41 Å². The van der Waals surface area contributed by atoms with E-state index < -0.39 is 11.6 Å². The Bertz CT molecular complexity index is 370. The molecule has 0 amide bonds. The number of rotatable bonds is 3. The van der Waals surface area contributed by atoms with Crippen LogP contribution in [0.3, 0.4) is 0 Å². The highest BCUT2D eigenvalue weighted by Crippen LogP contribution is 2.41. The number of hydrogen-bond donors (Lipinski definition) is 0. The molecule has 2 rings (SSSR count). The van der Waals surface area contributed by atoms with Crippen molar-refractivity contribution in [2.45, 2.75) is 32.1 Å². The maximum Gasteiger partial charge on any atom is 0.159 e. The van der Waals surface area contributed by atoms with E-state index in [4.69, 9.17) is 11.6 Å². The van der Waals surface area contributed by atoms with Crippen molar-refractivity contribution in [1.29, 1.82) is 0 Å². The number of hydrogen-bond acceptors (Lipinski definition) is 0. The normalized spacial score (nSPS) is 18.9. The molecule has 0 aliphatic heterocycles. The smallest absolute Gasteiger partial charge is 0.159 e. The molecule has 0 atom stereocenters. The lowest BCUT2D eigenvalue weighted by atomic mass is 9.82. The maximum absolute atomic E-state index is 13.1. The van der Waals surface area contributed by atoms with Crippen LogP contribution in [-0.2, 0) is 6.42 Å². The average Bonchev–Trinajstić information content (AvgIpc) is 2.73. The third kappa shape index (κ3) is 2.37. The molecule has 0 saturated heterocycles. The van der Waals surface area contributed by atoms with Gasteiger partial charge in [0.1, 0.15) is 0 Å². The highest BCUT2D eigenvalue weighted by molar-refractivity contribution is 6.18. The topological polar surface area (TPSA) is 0 Å². The summed E-state index contributed by atoms with van der Waals surface area (Å²) in [5, 5.41) is 0. The largest absolute Gasteiger partial charge is 0.204 e. The Balaban J connectivity index is 2.16. The van der Waals surface area contributed by atoms with Crippen molar-refractivity contribution in [1.82, 2.24) is 0 Å². The molecule has 0 bridgehead atoms. The fourth-order valence-electron chi connectivity index (χ4n) is 2.57. The predicted molar refractivity (Wildman–Crippen MR) is 61.7 cm³/mol. The zero-order chi connectivity index (χ0) is 11.6. The SMILES string of the molecule is Fc1ccc(CC2(CCl)CCCC2)cc1F. The number of alkyl halides is 1. The van der Waals surface area contributed by atoms with Gasteiger partial charge in [-0.05, 0) is 42.4 Å². The summed E-state index contributed by atoms with van der Waals surface area (Å²) in [6.45, 7) is 0. The fourth-order valence-corrected chi connectivity index (χ4v) is 2.93. The molecule has 0 unspecified atom stereocenters. The third-order valence-electron chi connectivity index (χ3n) is 3.51. The van der Waals surface area contributed by atoms with Gasteiger partial charge in [0.25, 0.3) is 0 Å².